The number of likely N-dealkylation sites (tertiary alicyclic amines) is 1. The summed E-state index contributed by atoms with van der Waals surface area (Å²) in [5, 5.41) is 0. The fraction of sp³-hybridized carbons (Fsp3) is 0.815. The van der Waals surface area contributed by atoms with Crippen LogP contribution in [0.2, 0.25) is 0 Å². The fourth-order valence-electron chi connectivity index (χ4n) is 4.62. The summed E-state index contributed by atoms with van der Waals surface area (Å²) in [5.74, 6) is 1.77. The van der Waals surface area contributed by atoms with Gasteiger partial charge in [-0.25, -0.2) is 18.4 Å². The van der Waals surface area contributed by atoms with Gasteiger partial charge in [0.05, 0.1) is 43.6 Å². The standard InChI is InChI=1S/C20H31N5O5S.C5H10O.C2H6/c1-20(13-29-14-20)15-31(27,28)25-8-6-24(7-9-25)18-10-22-19(11-21-18)30-12-17-2-4-23(16-26)5-3-17;1-5(6-2)3-4-5;1-2/h10-11,16-17H,2-9,12-15H2,1H3;3-4H2,1-2H3;1-2H3. The molecule has 4 aliphatic rings. The van der Waals surface area contributed by atoms with Crippen molar-refractivity contribution in [3.63, 3.8) is 0 Å². The molecule has 11 nitrogen and oxygen atoms in total. The molecule has 39 heavy (non-hydrogen) atoms. The molecule has 3 aliphatic heterocycles. The molecule has 1 aromatic rings. The van der Waals surface area contributed by atoms with Crippen molar-refractivity contribution in [3.05, 3.63) is 12.4 Å². The van der Waals surface area contributed by atoms with Gasteiger partial charge in [0.1, 0.15) is 5.82 Å². The predicted octanol–water partition coefficient (Wildman–Crippen LogP) is 2.42. The van der Waals surface area contributed by atoms with Crippen molar-refractivity contribution >= 4 is 22.3 Å². The second-order valence-electron chi connectivity index (χ2n) is 11.2. The molecule has 222 valence electrons. The lowest BCUT2D eigenvalue weighted by Gasteiger charge is -2.40. The van der Waals surface area contributed by atoms with E-state index in [2.05, 4.69) is 16.9 Å². The summed E-state index contributed by atoms with van der Waals surface area (Å²) in [4.78, 5) is 23.4. The van der Waals surface area contributed by atoms with Crippen LogP contribution in [0.4, 0.5) is 5.82 Å². The molecule has 12 heteroatoms. The molecular weight excluding hydrogens is 522 g/mol. The number of aromatic nitrogens is 2. The maximum absolute atomic E-state index is 12.7. The van der Waals surface area contributed by atoms with E-state index in [1.807, 2.05) is 25.7 Å². The van der Waals surface area contributed by atoms with E-state index in [4.69, 9.17) is 14.2 Å². The van der Waals surface area contributed by atoms with Crippen LogP contribution in [-0.2, 0) is 24.3 Å². The van der Waals surface area contributed by atoms with Crippen molar-refractivity contribution in [1.82, 2.24) is 19.2 Å². The highest BCUT2D eigenvalue weighted by molar-refractivity contribution is 7.89. The normalized spacial score (nSPS) is 22.4. The van der Waals surface area contributed by atoms with E-state index in [1.165, 1.54) is 12.8 Å². The third kappa shape index (κ3) is 9.26. The first-order valence-corrected chi connectivity index (χ1v) is 15.7. The van der Waals surface area contributed by atoms with Crippen molar-refractivity contribution < 1.29 is 27.4 Å². The Balaban J connectivity index is 0.000000457. The molecule has 4 fully saturated rings. The predicted molar refractivity (Wildman–Crippen MR) is 150 cm³/mol. The quantitative estimate of drug-likeness (QED) is 0.414. The van der Waals surface area contributed by atoms with Crippen molar-refractivity contribution in [2.75, 3.05) is 76.9 Å². The monoisotopic (exact) mass is 569 g/mol. The van der Waals surface area contributed by atoms with Gasteiger partial charge in [-0.3, -0.25) is 4.79 Å². The number of amides is 1. The summed E-state index contributed by atoms with van der Waals surface area (Å²) < 4.78 is 43.0. The third-order valence-electron chi connectivity index (χ3n) is 7.71. The number of carbonyl (C=O) groups is 1. The van der Waals surface area contributed by atoms with Gasteiger partial charge in [0, 0.05) is 51.8 Å². The molecule has 3 saturated heterocycles. The smallest absolute Gasteiger partial charge is 0.232 e. The summed E-state index contributed by atoms with van der Waals surface area (Å²) in [7, 11) is -1.52. The largest absolute Gasteiger partial charge is 0.476 e. The van der Waals surface area contributed by atoms with E-state index >= 15 is 0 Å². The summed E-state index contributed by atoms with van der Waals surface area (Å²) in [6.45, 7) is 13.3. The number of hydrogen-bond acceptors (Lipinski definition) is 9. The number of sulfonamides is 1. The van der Waals surface area contributed by atoms with Gasteiger partial charge in [-0.15, -0.1) is 0 Å². The maximum atomic E-state index is 12.7. The highest BCUT2D eigenvalue weighted by Gasteiger charge is 2.41. The number of hydrogen-bond donors (Lipinski definition) is 0. The minimum atomic E-state index is -3.29. The molecule has 0 N–H and O–H groups in total. The van der Waals surface area contributed by atoms with Crippen LogP contribution in [-0.4, -0.2) is 112 Å². The van der Waals surface area contributed by atoms with Crippen LogP contribution in [0.15, 0.2) is 12.4 Å². The molecule has 0 aromatic carbocycles. The number of piperazine rings is 1. The number of methoxy groups -OCH3 is 1. The van der Waals surface area contributed by atoms with Crippen molar-refractivity contribution in [3.8, 4) is 5.88 Å². The average Bonchev–Trinajstić information content (AvgIpc) is 3.70. The van der Waals surface area contributed by atoms with E-state index in [0.717, 1.165) is 38.2 Å². The van der Waals surface area contributed by atoms with Crippen molar-refractivity contribution in [1.29, 1.82) is 0 Å². The topological polar surface area (TPSA) is 114 Å². The Morgan fingerprint density at radius 2 is 1.67 bits per heavy atom. The Labute approximate surface area is 234 Å². The van der Waals surface area contributed by atoms with Gasteiger partial charge in [-0.05, 0) is 38.5 Å². The zero-order valence-electron chi connectivity index (χ0n) is 24.3. The second-order valence-corrected chi connectivity index (χ2v) is 13.2. The molecule has 0 unspecified atom stereocenters. The average molecular weight is 570 g/mol. The lowest BCUT2D eigenvalue weighted by molar-refractivity contribution is -0.119. The lowest BCUT2D eigenvalue weighted by Crippen LogP contribution is -2.53. The molecule has 0 bridgehead atoms. The summed E-state index contributed by atoms with van der Waals surface area (Å²) in [6, 6.07) is 0. The van der Waals surface area contributed by atoms with Gasteiger partial charge < -0.3 is 24.0 Å². The molecule has 5 rings (SSSR count). The fourth-order valence-corrected chi connectivity index (χ4v) is 6.57. The Hall–Kier alpha value is -2.02. The highest BCUT2D eigenvalue weighted by Crippen LogP contribution is 2.37. The zero-order chi connectivity index (χ0) is 28.5. The van der Waals surface area contributed by atoms with Gasteiger partial charge in [0.25, 0.3) is 0 Å². The number of anilines is 1. The second kappa shape index (κ2) is 14.0. The molecule has 1 aromatic heterocycles. The first kappa shape index (κ1) is 31.5. The van der Waals surface area contributed by atoms with Gasteiger partial charge in [-0.2, -0.15) is 4.31 Å². The Morgan fingerprint density at radius 1 is 1.03 bits per heavy atom. The Morgan fingerprint density at radius 3 is 2.10 bits per heavy atom. The molecule has 0 spiro atoms. The van der Waals surface area contributed by atoms with Crippen LogP contribution in [0.3, 0.4) is 0 Å². The van der Waals surface area contributed by atoms with Crippen LogP contribution in [0.5, 0.6) is 5.88 Å². The third-order valence-corrected chi connectivity index (χ3v) is 9.93. The van der Waals surface area contributed by atoms with Gasteiger partial charge in [0.15, 0.2) is 0 Å². The molecule has 0 atom stereocenters. The lowest BCUT2D eigenvalue weighted by atomic mass is 9.92. The van der Waals surface area contributed by atoms with Crippen LogP contribution in [0.25, 0.3) is 0 Å². The summed E-state index contributed by atoms with van der Waals surface area (Å²) in [6.07, 6.45) is 8.58. The summed E-state index contributed by atoms with van der Waals surface area (Å²) >= 11 is 0. The molecule has 4 heterocycles. The van der Waals surface area contributed by atoms with Crippen LogP contribution in [0, 0.1) is 11.3 Å². The SMILES string of the molecule is CC.CC1(CS(=O)(=O)N2CCN(c3cnc(OCC4CCN(C=O)CC4)cn3)CC2)COC1.COC1(C)CC1. The van der Waals surface area contributed by atoms with E-state index in [9.17, 15) is 13.2 Å². The van der Waals surface area contributed by atoms with Crippen LogP contribution >= 0.6 is 0 Å². The molecular formula is C27H47N5O6S. The molecule has 0 radical (unpaired) electrons. The first-order chi connectivity index (χ1) is 18.6. The van der Waals surface area contributed by atoms with Crippen molar-refractivity contribution in [2.24, 2.45) is 11.3 Å². The Kier molecular flexibility index (Phi) is 11.3. The number of nitrogens with zero attached hydrogens (tertiary/aromatic N) is 5. The Bertz CT molecular complexity index is 984. The number of ether oxygens (including phenoxy) is 3. The van der Waals surface area contributed by atoms with Gasteiger partial charge >= 0.3 is 0 Å². The van der Waals surface area contributed by atoms with Crippen LogP contribution < -0.4 is 9.64 Å². The van der Waals surface area contributed by atoms with Crippen LogP contribution in [0.1, 0.15) is 53.4 Å². The first-order valence-electron chi connectivity index (χ1n) is 14.1. The van der Waals surface area contributed by atoms with E-state index < -0.39 is 10.0 Å². The minimum absolute atomic E-state index is 0.139. The van der Waals surface area contributed by atoms with Crippen molar-refractivity contribution in [2.45, 2.75) is 59.0 Å². The minimum Gasteiger partial charge on any atom is -0.476 e. The number of carbonyl (C=O) groups excluding carboxylic acids is 1. The zero-order valence-corrected chi connectivity index (χ0v) is 25.1. The molecule has 1 aliphatic carbocycles. The summed E-state index contributed by atoms with van der Waals surface area (Å²) in [5.41, 5.74) is 0.0305. The van der Waals surface area contributed by atoms with Gasteiger partial charge in [-0.1, -0.05) is 20.8 Å². The van der Waals surface area contributed by atoms with Gasteiger partial charge in [0.2, 0.25) is 22.3 Å². The van der Waals surface area contributed by atoms with E-state index in [0.29, 0.717) is 63.4 Å². The maximum Gasteiger partial charge on any atom is 0.232 e. The molecule has 1 amide bonds. The number of piperidine rings is 1. The van der Waals surface area contributed by atoms with E-state index in [1.54, 1.807) is 28.7 Å². The molecule has 1 saturated carbocycles. The number of rotatable bonds is 9. The van der Waals surface area contributed by atoms with E-state index in [-0.39, 0.29) is 11.2 Å². The highest BCUT2D eigenvalue weighted by atomic mass is 32.2.